The van der Waals surface area contributed by atoms with Gasteiger partial charge in [0.05, 0.1) is 17.8 Å². The number of thiazole rings is 1. The fourth-order valence-corrected chi connectivity index (χ4v) is 2.91. The summed E-state index contributed by atoms with van der Waals surface area (Å²) in [6.45, 7) is 4.73. The Bertz CT molecular complexity index is 703. The van der Waals surface area contributed by atoms with Gasteiger partial charge < -0.3 is 10.6 Å². The molecule has 0 saturated heterocycles. The summed E-state index contributed by atoms with van der Waals surface area (Å²) in [5.41, 5.74) is 0.885. The summed E-state index contributed by atoms with van der Waals surface area (Å²) in [5.74, 6) is 0.512. The first-order chi connectivity index (χ1) is 11.3. The summed E-state index contributed by atoms with van der Waals surface area (Å²) in [6, 6.07) is 5.23. The van der Waals surface area contributed by atoms with Gasteiger partial charge in [-0.15, -0.1) is 11.3 Å². The minimum absolute atomic E-state index is 0.250. The van der Waals surface area contributed by atoms with Crippen molar-refractivity contribution in [2.24, 2.45) is 4.99 Å². The Morgan fingerprint density at radius 1 is 1.21 bits per heavy atom. The second-order valence-corrected chi connectivity index (χ2v) is 6.51. The van der Waals surface area contributed by atoms with Gasteiger partial charge in [0.15, 0.2) is 5.96 Å². The average molecular weight is 356 g/mol. The molecule has 0 aliphatic carbocycles. The maximum Gasteiger partial charge on any atom is 0.416 e. The number of nitrogens with zero attached hydrogens (tertiary/aromatic N) is 2. The van der Waals surface area contributed by atoms with E-state index in [1.165, 1.54) is 10.9 Å². The molecule has 0 radical (unpaired) electrons. The molecule has 1 aromatic heterocycles. The highest BCUT2D eigenvalue weighted by atomic mass is 32.1. The lowest BCUT2D eigenvalue weighted by Gasteiger charge is -2.12. The van der Waals surface area contributed by atoms with E-state index in [0.717, 1.165) is 22.8 Å². The van der Waals surface area contributed by atoms with Crippen LogP contribution in [-0.2, 0) is 19.3 Å². The average Bonchev–Trinajstić information content (AvgIpc) is 2.85. The number of hydrogen-bond donors (Lipinski definition) is 2. The third-order valence-corrected chi connectivity index (χ3v) is 4.49. The molecule has 0 aliphatic heterocycles. The summed E-state index contributed by atoms with van der Waals surface area (Å²) in [4.78, 5) is 9.65. The van der Waals surface area contributed by atoms with Gasteiger partial charge >= 0.3 is 6.18 Å². The van der Waals surface area contributed by atoms with Crippen molar-refractivity contribution in [2.45, 2.75) is 33.1 Å². The molecule has 2 aromatic rings. The quantitative estimate of drug-likeness (QED) is 0.649. The molecule has 0 atom stereocenters. The topological polar surface area (TPSA) is 49.3 Å². The number of aliphatic imine (C=N–C) groups is 1. The molecule has 2 N–H and O–H groups in total. The van der Waals surface area contributed by atoms with E-state index in [0.29, 0.717) is 18.1 Å². The number of aromatic nitrogens is 1. The Hall–Kier alpha value is -2.09. The fraction of sp³-hybridized carbons (Fsp3) is 0.375. The van der Waals surface area contributed by atoms with Crippen LogP contribution in [0.4, 0.5) is 13.2 Å². The van der Waals surface area contributed by atoms with E-state index in [4.69, 9.17) is 0 Å². The van der Waals surface area contributed by atoms with Crippen molar-refractivity contribution in [1.29, 1.82) is 0 Å². The van der Waals surface area contributed by atoms with Crippen molar-refractivity contribution in [3.05, 3.63) is 51.0 Å². The van der Waals surface area contributed by atoms with E-state index in [-0.39, 0.29) is 6.54 Å². The van der Waals surface area contributed by atoms with Crippen LogP contribution >= 0.6 is 11.3 Å². The van der Waals surface area contributed by atoms with Crippen molar-refractivity contribution in [2.75, 3.05) is 7.05 Å². The van der Waals surface area contributed by atoms with Gasteiger partial charge in [0.2, 0.25) is 0 Å². The smallest absolute Gasteiger partial charge is 0.352 e. The number of hydrogen-bond acceptors (Lipinski definition) is 3. The van der Waals surface area contributed by atoms with Crippen LogP contribution in [0.1, 0.15) is 26.7 Å². The largest absolute Gasteiger partial charge is 0.416 e. The predicted molar refractivity (Wildman–Crippen MR) is 90.1 cm³/mol. The number of benzene rings is 1. The Morgan fingerprint density at radius 2 is 1.92 bits per heavy atom. The Kier molecular flexibility index (Phi) is 5.82. The molecular formula is C16H19F3N4S. The maximum atomic E-state index is 12.7. The minimum atomic E-state index is -4.34. The number of alkyl halides is 3. The lowest BCUT2D eigenvalue weighted by molar-refractivity contribution is -0.137. The van der Waals surface area contributed by atoms with Crippen LogP contribution in [0.15, 0.2) is 29.3 Å². The zero-order valence-corrected chi connectivity index (χ0v) is 14.5. The molecule has 24 heavy (non-hydrogen) atoms. The van der Waals surface area contributed by atoms with Crippen molar-refractivity contribution in [3.63, 3.8) is 0 Å². The standard InChI is InChI=1S/C16H19F3N4S/c1-10-11(2)24-14(23-10)9-22-15(20-3)21-8-12-5-4-6-13(7-12)16(17,18)19/h4-7H,8-9H2,1-3H3,(H2,20,21,22). The summed E-state index contributed by atoms with van der Waals surface area (Å²) in [5, 5.41) is 7.05. The first-order valence-electron chi connectivity index (χ1n) is 7.33. The molecule has 0 bridgehead atoms. The summed E-state index contributed by atoms with van der Waals surface area (Å²) < 4.78 is 38.1. The number of halogens is 3. The van der Waals surface area contributed by atoms with Crippen molar-refractivity contribution >= 4 is 17.3 Å². The zero-order chi connectivity index (χ0) is 17.7. The highest BCUT2D eigenvalue weighted by molar-refractivity contribution is 7.11. The first kappa shape index (κ1) is 18.3. The van der Waals surface area contributed by atoms with Crippen molar-refractivity contribution in [1.82, 2.24) is 15.6 Å². The van der Waals surface area contributed by atoms with E-state index in [9.17, 15) is 13.2 Å². The zero-order valence-electron chi connectivity index (χ0n) is 13.7. The highest BCUT2D eigenvalue weighted by Gasteiger charge is 2.30. The SMILES string of the molecule is CN=C(NCc1cccc(C(F)(F)F)c1)NCc1nc(C)c(C)s1. The predicted octanol–water partition coefficient (Wildman–Crippen LogP) is 3.64. The van der Waals surface area contributed by atoms with Gasteiger partial charge in [-0.1, -0.05) is 12.1 Å². The molecule has 0 aliphatic rings. The van der Waals surface area contributed by atoms with Gasteiger partial charge in [0.1, 0.15) is 5.01 Å². The second-order valence-electron chi connectivity index (χ2n) is 5.23. The summed E-state index contributed by atoms with van der Waals surface area (Å²) in [7, 11) is 1.61. The number of rotatable bonds is 4. The van der Waals surface area contributed by atoms with Gasteiger partial charge in [0.25, 0.3) is 0 Å². The number of nitrogens with one attached hydrogen (secondary N) is 2. The third kappa shape index (κ3) is 4.95. The van der Waals surface area contributed by atoms with Gasteiger partial charge in [-0.3, -0.25) is 4.99 Å². The Balaban J connectivity index is 1.92. The van der Waals surface area contributed by atoms with E-state index >= 15 is 0 Å². The maximum absolute atomic E-state index is 12.7. The molecule has 130 valence electrons. The monoisotopic (exact) mass is 356 g/mol. The minimum Gasteiger partial charge on any atom is -0.352 e. The molecular weight excluding hydrogens is 337 g/mol. The molecule has 0 spiro atoms. The van der Waals surface area contributed by atoms with Crippen LogP contribution < -0.4 is 10.6 Å². The summed E-state index contributed by atoms with van der Waals surface area (Å²) >= 11 is 1.60. The van der Waals surface area contributed by atoms with Crippen LogP contribution in [0.25, 0.3) is 0 Å². The van der Waals surface area contributed by atoms with E-state index < -0.39 is 11.7 Å². The lowest BCUT2D eigenvalue weighted by atomic mass is 10.1. The van der Waals surface area contributed by atoms with Crippen molar-refractivity contribution < 1.29 is 13.2 Å². The molecule has 1 aromatic carbocycles. The molecule has 4 nitrogen and oxygen atoms in total. The van der Waals surface area contributed by atoms with Crippen LogP contribution in [0.5, 0.6) is 0 Å². The molecule has 8 heteroatoms. The van der Waals surface area contributed by atoms with Crippen LogP contribution in [0, 0.1) is 13.8 Å². The highest BCUT2D eigenvalue weighted by Crippen LogP contribution is 2.29. The first-order valence-corrected chi connectivity index (χ1v) is 8.15. The lowest BCUT2D eigenvalue weighted by Crippen LogP contribution is -2.36. The van der Waals surface area contributed by atoms with Crippen LogP contribution in [0.3, 0.4) is 0 Å². The molecule has 2 rings (SSSR count). The Morgan fingerprint density at radius 3 is 2.50 bits per heavy atom. The fourth-order valence-electron chi connectivity index (χ4n) is 2.04. The summed E-state index contributed by atoms with van der Waals surface area (Å²) in [6.07, 6.45) is -4.34. The molecule has 0 fully saturated rings. The molecule has 0 amide bonds. The van der Waals surface area contributed by atoms with E-state index in [2.05, 4.69) is 20.6 Å². The van der Waals surface area contributed by atoms with Gasteiger partial charge in [-0.05, 0) is 31.5 Å². The molecule has 0 unspecified atom stereocenters. The normalized spacial score (nSPS) is 12.3. The van der Waals surface area contributed by atoms with E-state index in [1.54, 1.807) is 24.5 Å². The van der Waals surface area contributed by atoms with Gasteiger partial charge in [0, 0.05) is 18.5 Å². The van der Waals surface area contributed by atoms with Crippen LogP contribution in [-0.4, -0.2) is 18.0 Å². The van der Waals surface area contributed by atoms with Gasteiger partial charge in [-0.25, -0.2) is 4.98 Å². The number of guanidine groups is 1. The molecule has 1 heterocycles. The third-order valence-electron chi connectivity index (χ3n) is 3.42. The second kappa shape index (κ2) is 7.65. The van der Waals surface area contributed by atoms with Gasteiger partial charge in [-0.2, -0.15) is 13.2 Å². The van der Waals surface area contributed by atoms with Crippen molar-refractivity contribution in [3.8, 4) is 0 Å². The van der Waals surface area contributed by atoms with E-state index in [1.807, 2.05) is 13.8 Å². The number of aryl methyl sites for hydroxylation is 2. The Labute approximate surface area is 142 Å². The van der Waals surface area contributed by atoms with Crippen LogP contribution in [0.2, 0.25) is 0 Å². The molecule has 0 saturated carbocycles.